The molecule has 0 saturated heterocycles. The maximum atomic E-state index is 5.32. The van der Waals surface area contributed by atoms with Gasteiger partial charge < -0.3 is 5.32 Å². The van der Waals surface area contributed by atoms with Gasteiger partial charge in [0.05, 0.1) is 0 Å². The molecule has 0 aliphatic carbocycles. The van der Waals surface area contributed by atoms with Crippen LogP contribution in [0.3, 0.4) is 0 Å². The van der Waals surface area contributed by atoms with Crippen LogP contribution in [0.2, 0.25) is 0 Å². The van der Waals surface area contributed by atoms with Crippen molar-refractivity contribution in [1.29, 1.82) is 0 Å². The summed E-state index contributed by atoms with van der Waals surface area (Å²) in [5.74, 6) is 2.60. The average Bonchev–Trinajstić information content (AvgIpc) is 2.30. The Balaban J connectivity index is 2.23. The van der Waals surface area contributed by atoms with Crippen LogP contribution in [0.25, 0.3) is 0 Å². The Morgan fingerprint density at radius 2 is 2.36 bits per heavy atom. The molecule has 0 radical (unpaired) electrons. The average molecular weight is 184 g/mol. The number of nitrogens with zero attached hydrogens (tertiary/aromatic N) is 1. The molecule has 2 rings (SSSR count). The molecule has 2 heterocycles. The summed E-state index contributed by atoms with van der Waals surface area (Å²) in [6.45, 7) is 0.922. The molecule has 1 aliphatic heterocycles. The van der Waals surface area contributed by atoms with Crippen molar-refractivity contribution >= 4 is 0 Å². The van der Waals surface area contributed by atoms with E-state index >= 15 is 0 Å². The zero-order valence-corrected chi connectivity index (χ0v) is 7.90. The summed E-state index contributed by atoms with van der Waals surface area (Å²) in [6, 6.07) is 2.38. The van der Waals surface area contributed by atoms with Gasteiger partial charge in [-0.2, -0.15) is 0 Å². The molecule has 70 valence electrons. The maximum absolute atomic E-state index is 5.32. The first-order valence-electron chi connectivity index (χ1n) is 4.70. The van der Waals surface area contributed by atoms with Gasteiger partial charge in [0.1, 0.15) is 0 Å². The molecular formula is C12H12N2. The fourth-order valence-electron chi connectivity index (χ4n) is 1.59. The minimum Gasteiger partial charge on any atom is -0.306 e. The van der Waals surface area contributed by atoms with E-state index in [2.05, 4.69) is 28.4 Å². The van der Waals surface area contributed by atoms with E-state index < -0.39 is 0 Å². The standard InChI is InChI=1S/C12H12N2/c1-2-10-7-11(9-13-8-10)12-5-3-4-6-14-12/h1,3-4,7-9,12,14H,5-6H2. The first-order valence-corrected chi connectivity index (χ1v) is 4.70. The summed E-state index contributed by atoms with van der Waals surface area (Å²) >= 11 is 0. The Labute approximate surface area is 84.1 Å². The molecule has 1 aromatic heterocycles. The van der Waals surface area contributed by atoms with E-state index in [1.54, 1.807) is 6.20 Å². The Hall–Kier alpha value is -1.59. The molecule has 0 aromatic carbocycles. The molecule has 0 amide bonds. The fraction of sp³-hybridized carbons (Fsp3) is 0.250. The van der Waals surface area contributed by atoms with Crippen molar-refractivity contribution < 1.29 is 0 Å². The lowest BCUT2D eigenvalue weighted by molar-refractivity contribution is 0.553. The Morgan fingerprint density at radius 3 is 3.07 bits per heavy atom. The summed E-state index contributed by atoms with van der Waals surface area (Å²) in [7, 11) is 0. The number of terminal acetylenes is 1. The SMILES string of the molecule is C#Cc1cncc(C2CC=CCN2)c1. The third-order valence-electron chi connectivity index (χ3n) is 2.35. The number of pyridine rings is 1. The number of rotatable bonds is 1. The topological polar surface area (TPSA) is 24.9 Å². The van der Waals surface area contributed by atoms with Crippen molar-refractivity contribution in [2.45, 2.75) is 12.5 Å². The minimum atomic E-state index is 0.362. The van der Waals surface area contributed by atoms with Gasteiger partial charge >= 0.3 is 0 Å². The molecule has 1 unspecified atom stereocenters. The molecule has 2 heteroatoms. The molecule has 1 aliphatic rings. The van der Waals surface area contributed by atoms with Crippen molar-refractivity contribution in [2.24, 2.45) is 0 Å². The van der Waals surface area contributed by atoms with Gasteiger partial charge in [0, 0.05) is 30.5 Å². The van der Waals surface area contributed by atoms with E-state index in [9.17, 15) is 0 Å². The van der Waals surface area contributed by atoms with E-state index in [4.69, 9.17) is 6.42 Å². The molecule has 2 nitrogen and oxygen atoms in total. The van der Waals surface area contributed by atoms with Crippen LogP contribution < -0.4 is 5.32 Å². The van der Waals surface area contributed by atoms with E-state index in [0.29, 0.717) is 6.04 Å². The van der Waals surface area contributed by atoms with Gasteiger partial charge in [-0.15, -0.1) is 6.42 Å². The van der Waals surface area contributed by atoms with E-state index in [1.807, 2.05) is 12.3 Å². The van der Waals surface area contributed by atoms with Gasteiger partial charge in [-0.25, -0.2) is 0 Å². The quantitative estimate of drug-likeness (QED) is 0.530. The summed E-state index contributed by atoms with van der Waals surface area (Å²) in [5.41, 5.74) is 2.02. The second-order valence-corrected chi connectivity index (χ2v) is 3.32. The van der Waals surface area contributed by atoms with Crippen LogP contribution >= 0.6 is 0 Å². The number of nitrogens with one attached hydrogen (secondary N) is 1. The summed E-state index contributed by atoms with van der Waals surface area (Å²) in [5, 5.41) is 3.39. The van der Waals surface area contributed by atoms with Crippen molar-refractivity contribution in [3.63, 3.8) is 0 Å². The molecule has 1 N–H and O–H groups in total. The van der Waals surface area contributed by atoms with Gasteiger partial charge in [-0.05, 0) is 18.1 Å². The number of hydrogen-bond acceptors (Lipinski definition) is 2. The van der Waals surface area contributed by atoms with E-state index in [-0.39, 0.29) is 0 Å². The first-order chi connectivity index (χ1) is 6.90. The van der Waals surface area contributed by atoms with Crippen LogP contribution in [0, 0.1) is 12.3 Å². The van der Waals surface area contributed by atoms with Crippen LogP contribution in [0.4, 0.5) is 0 Å². The fourth-order valence-corrected chi connectivity index (χ4v) is 1.59. The molecule has 1 aromatic rings. The Bertz CT molecular complexity index is 388. The van der Waals surface area contributed by atoms with Crippen LogP contribution in [0.5, 0.6) is 0 Å². The predicted octanol–water partition coefficient (Wildman–Crippen LogP) is 1.65. The Kier molecular flexibility index (Phi) is 2.62. The Morgan fingerprint density at radius 1 is 1.43 bits per heavy atom. The summed E-state index contributed by atoms with van der Waals surface area (Å²) in [4.78, 5) is 4.12. The van der Waals surface area contributed by atoms with Crippen molar-refractivity contribution in [3.05, 3.63) is 41.7 Å². The second kappa shape index (κ2) is 4.08. The lowest BCUT2D eigenvalue weighted by atomic mass is 10.0. The van der Waals surface area contributed by atoms with Crippen LogP contribution in [0.15, 0.2) is 30.6 Å². The monoisotopic (exact) mass is 184 g/mol. The molecule has 1 atom stereocenters. The summed E-state index contributed by atoms with van der Waals surface area (Å²) < 4.78 is 0. The molecule has 0 fully saturated rings. The highest BCUT2D eigenvalue weighted by Gasteiger charge is 2.11. The number of aromatic nitrogens is 1. The van der Waals surface area contributed by atoms with Crippen molar-refractivity contribution in [2.75, 3.05) is 6.54 Å². The predicted molar refractivity (Wildman–Crippen MR) is 56.7 cm³/mol. The van der Waals surface area contributed by atoms with Gasteiger partial charge in [-0.1, -0.05) is 18.1 Å². The zero-order valence-electron chi connectivity index (χ0n) is 7.90. The smallest absolute Gasteiger partial charge is 0.0429 e. The lowest BCUT2D eigenvalue weighted by Gasteiger charge is -2.19. The van der Waals surface area contributed by atoms with Gasteiger partial charge in [-0.3, -0.25) is 4.98 Å². The highest BCUT2D eigenvalue weighted by Crippen LogP contribution is 2.19. The molecule has 14 heavy (non-hydrogen) atoms. The first kappa shape index (κ1) is 8.98. The normalized spacial score (nSPS) is 20.4. The molecular weight excluding hydrogens is 172 g/mol. The highest BCUT2D eigenvalue weighted by molar-refractivity contribution is 5.33. The maximum Gasteiger partial charge on any atom is 0.0429 e. The molecule has 0 bridgehead atoms. The third-order valence-corrected chi connectivity index (χ3v) is 2.35. The largest absolute Gasteiger partial charge is 0.306 e. The van der Waals surface area contributed by atoms with Crippen LogP contribution in [-0.2, 0) is 0 Å². The lowest BCUT2D eigenvalue weighted by Crippen LogP contribution is -2.23. The highest BCUT2D eigenvalue weighted by atomic mass is 14.9. The van der Waals surface area contributed by atoms with E-state index in [0.717, 1.165) is 18.5 Å². The van der Waals surface area contributed by atoms with Crippen molar-refractivity contribution in [1.82, 2.24) is 10.3 Å². The zero-order chi connectivity index (χ0) is 9.80. The van der Waals surface area contributed by atoms with Gasteiger partial charge in [0.15, 0.2) is 0 Å². The minimum absolute atomic E-state index is 0.362. The van der Waals surface area contributed by atoms with Crippen LogP contribution in [-0.4, -0.2) is 11.5 Å². The van der Waals surface area contributed by atoms with Crippen molar-refractivity contribution in [3.8, 4) is 12.3 Å². The number of hydrogen-bond donors (Lipinski definition) is 1. The summed E-state index contributed by atoms with van der Waals surface area (Å²) in [6.07, 6.45) is 14.2. The molecule has 0 saturated carbocycles. The van der Waals surface area contributed by atoms with Gasteiger partial charge in [0.2, 0.25) is 0 Å². The molecule has 0 spiro atoms. The second-order valence-electron chi connectivity index (χ2n) is 3.32. The van der Waals surface area contributed by atoms with E-state index in [1.165, 1.54) is 5.56 Å². The van der Waals surface area contributed by atoms with Crippen LogP contribution in [0.1, 0.15) is 23.6 Å². The van der Waals surface area contributed by atoms with Gasteiger partial charge in [0.25, 0.3) is 0 Å². The third kappa shape index (κ3) is 1.84.